The van der Waals surface area contributed by atoms with E-state index in [1.165, 1.54) is 32.5 Å². The smallest absolute Gasteiger partial charge is 0.0669 e. The molecular formula is C14H25N3. The monoisotopic (exact) mass is 235 g/mol. The number of nitrogens with zero attached hydrogens (tertiary/aromatic N) is 3. The summed E-state index contributed by atoms with van der Waals surface area (Å²) in [4.78, 5) is 5.15. The predicted molar refractivity (Wildman–Crippen MR) is 69.6 cm³/mol. The Hall–Kier alpha value is -0.590. The summed E-state index contributed by atoms with van der Waals surface area (Å²) in [7, 11) is 0. The second-order valence-corrected chi connectivity index (χ2v) is 6.04. The molecule has 3 nitrogen and oxygen atoms in total. The van der Waals surface area contributed by atoms with Gasteiger partial charge in [-0.25, -0.2) is 0 Å². The zero-order valence-electron chi connectivity index (χ0n) is 11.2. The molecule has 0 bridgehead atoms. The molecule has 2 aliphatic rings. The number of rotatable bonds is 4. The van der Waals surface area contributed by atoms with Crippen LogP contribution in [0.1, 0.15) is 33.1 Å². The van der Waals surface area contributed by atoms with Gasteiger partial charge < -0.3 is 4.90 Å². The summed E-state index contributed by atoms with van der Waals surface area (Å²) in [6, 6.07) is 3.14. The molecule has 0 aromatic rings. The van der Waals surface area contributed by atoms with Crippen LogP contribution >= 0.6 is 0 Å². The molecule has 3 heteroatoms. The molecule has 2 aliphatic heterocycles. The molecule has 2 unspecified atom stereocenters. The molecule has 2 rings (SSSR count). The second kappa shape index (κ2) is 5.84. The third-order valence-electron chi connectivity index (χ3n) is 4.19. The van der Waals surface area contributed by atoms with Crippen LogP contribution in [0.25, 0.3) is 0 Å². The number of likely N-dealkylation sites (tertiary alicyclic amines) is 2. The Bertz CT molecular complexity index is 282. The number of hydrogen-bond acceptors (Lipinski definition) is 3. The van der Waals surface area contributed by atoms with Gasteiger partial charge in [0.1, 0.15) is 0 Å². The molecule has 96 valence electrons. The van der Waals surface area contributed by atoms with Crippen LogP contribution in [0.5, 0.6) is 0 Å². The van der Waals surface area contributed by atoms with Gasteiger partial charge in [-0.2, -0.15) is 5.26 Å². The normalized spacial score (nSPS) is 31.2. The Kier molecular flexibility index (Phi) is 4.42. The molecule has 0 aromatic heterocycles. The van der Waals surface area contributed by atoms with Gasteiger partial charge in [-0.3, -0.25) is 4.90 Å². The summed E-state index contributed by atoms with van der Waals surface area (Å²) in [5.74, 6) is 1.10. The van der Waals surface area contributed by atoms with Crippen LogP contribution in [0.3, 0.4) is 0 Å². The molecule has 0 radical (unpaired) electrons. The maximum absolute atomic E-state index is 8.94. The van der Waals surface area contributed by atoms with E-state index in [0.717, 1.165) is 31.5 Å². The first-order chi connectivity index (χ1) is 8.19. The van der Waals surface area contributed by atoms with Gasteiger partial charge in [-0.15, -0.1) is 0 Å². The summed E-state index contributed by atoms with van der Waals surface area (Å²) in [6.45, 7) is 10.5. The molecule has 0 aliphatic carbocycles. The molecule has 0 spiro atoms. The standard InChI is InChI=1S/C14H25N3/c1-12(2)3-6-16-7-5-14(11-16)17-8-4-13(9-15)10-17/h12-14H,3-8,10-11H2,1-2H3. The Labute approximate surface area is 105 Å². The van der Waals surface area contributed by atoms with Crippen LogP contribution in [-0.4, -0.2) is 48.6 Å². The molecule has 2 atom stereocenters. The van der Waals surface area contributed by atoms with Crippen LogP contribution in [0.15, 0.2) is 0 Å². The van der Waals surface area contributed by atoms with Gasteiger partial charge in [-0.05, 0) is 44.8 Å². The highest BCUT2D eigenvalue weighted by atomic mass is 15.3. The fraction of sp³-hybridized carbons (Fsp3) is 0.929. The van der Waals surface area contributed by atoms with Gasteiger partial charge in [0.05, 0.1) is 12.0 Å². The van der Waals surface area contributed by atoms with Crippen LogP contribution < -0.4 is 0 Å². The van der Waals surface area contributed by atoms with Crippen molar-refractivity contribution in [1.82, 2.24) is 9.80 Å². The van der Waals surface area contributed by atoms with Crippen molar-refractivity contribution in [2.24, 2.45) is 11.8 Å². The van der Waals surface area contributed by atoms with E-state index in [-0.39, 0.29) is 0 Å². The summed E-state index contributed by atoms with van der Waals surface area (Å²) >= 11 is 0. The van der Waals surface area contributed by atoms with Crippen LogP contribution in [0.2, 0.25) is 0 Å². The molecule has 17 heavy (non-hydrogen) atoms. The topological polar surface area (TPSA) is 30.3 Å². The van der Waals surface area contributed by atoms with E-state index < -0.39 is 0 Å². The van der Waals surface area contributed by atoms with E-state index in [4.69, 9.17) is 5.26 Å². The maximum atomic E-state index is 8.94. The SMILES string of the molecule is CC(C)CCN1CCC(N2CCC(C#N)C2)C1. The van der Waals surface area contributed by atoms with Crippen LogP contribution in [0.4, 0.5) is 0 Å². The first-order valence-corrected chi connectivity index (χ1v) is 7.05. The average Bonchev–Trinajstić information content (AvgIpc) is 2.94. The minimum absolute atomic E-state index is 0.291. The number of nitriles is 1. The number of hydrogen-bond donors (Lipinski definition) is 0. The Balaban J connectivity index is 1.73. The van der Waals surface area contributed by atoms with Gasteiger partial charge in [0.2, 0.25) is 0 Å². The Morgan fingerprint density at radius 2 is 2.06 bits per heavy atom. The third-order valence-corrected chi connectivity index (χ3v) is 4.19. The minimum atomic E-state index is 0.291. The molecule has 0 N–H and O–H groups in total. The van der Waals surface area contributed by atoms with Gasteiger partial charge in [0.15, 0.2) is 0 Å². The van der Waals surface area contributed by atoms with Crippen molar-refractivity contribution in [3.05, 3.63) is 0 Å². The van der Waals surface area contributed by atoms with Gasteiger partial charge in [-0.1, -0.05) is 13.8 Å². The van der Waals surface area contributed by atoms with Crippen molar-refractivity contribution < 1.29 is 0 Å². The zero-order valence-corrected chi connectivity index (χ0v) is 11.2. The summed E-state index contributed by atoms with van der Waals surface area (Å²) in [5.41, 5.74) is 0. The zero-order chi connectivity index (χ0) is 12.3. The lowest BCUT2D eigenvalue weighted by molar-refractivity contribution is 0.225. The predicted octanol–water partition coefficient (Wildman–Crippen LogP) is 1.95. The quantitative estimate of drug-likeness (QED) is 0.746. The van der Waals surface area contributed by atoms with Gasteiger partial charge >= 0.3 is 0 Å². The molecule has 0 saturated carbocycles. The van der Waals surface area contributed by atoms with Crippen LogP contribution in [0, 0.1) is 23.2 Å². The highest BCUT2D eigenvalue weighted by molar-refractivity contribution is 4.95. The highest BCUT2D eigenvalue weighted by Crippen LogP contribution is 2.23. The second-order valence-electron chi connectivity index (χ2n) is 6.04. The summed E-state index contributed by atoms with van der Waals surface area (Å²) in [5, 5.41) is 8.94. The lowest BCUT2D eigenvalue weighted by Crippen LogP contribution is -2.36. The third kappa shape index (κ3) is 3.43. The van der Waals surface area contributed by atoms with Crippen molar-refractivity contribution >= 4 is 0 Å². The lowest BCUT2D eigenvalue weighted by Gasteiger charge is -2.24. The largest absolute Gasteiger partial charge is 0.302 e. The van der Waals surface area contributed by atoms with E-state index in [1.807, 2.05) is 0 Å². The molecule has 2 saturated heterocycles. The summed E-state index contributed by atoms with van der Waals surface area (Å²) < 4.78 is 0. The molecule has 0 aromatic carbocycles. The summed E-state index contributed by atoms with van der Waals surface area (Å²) in [6.07, 6.45) is 3.70. The molecular weight excluding hydrogens is 210 g/mol. The van der Waals surface area contributed by atoms with Crippen molar-refractivity contribution in [1.29, 1.82) is 5.26 Å². The Morgan fingerprint density at radius 3 is 2.71 bits per heavy atom. The van der Waals surface area contributed by atoms with Crippen molar-refractivity contribution in [2.75, 3.05) is 32.7 Å². The van der Waals surface area contributed by atoms with Crippen molar-refractivity contribution in [2.45, 2.75) is 39.2 Å². The van der Waals surface area contributed by atoms with E-state index in [9.17, 15) is 0 Å². The van der Waals surface area contributed by atoms with E-state index in [1.54, 1.807) is 0 Å². The van der Waals surface area contributed by atoms with E-state index in [2.05, 4.69) is 29.7 Å². The fourth-order valence-electron chi connectivity index (χ4n) is 2.98. The van der Waals surface area contributed by atoms with Crippen molar-refractivity contribution in [3.8, 4) is 6.07 Å². The van der Waals surface area contributed by atoms with Gasteiger partial charge in [0, 0.05) is 19.1 Å². The minimum Gasteiger partial charge on any atom is -0.302 e. The first kappa shape index (κ1) is 12.9. The highest BCUT2D eigenvalue weighted by Gasteiger charge is 2.32. The van der Waals surface area contributed by atoms with E-state index >= 15 is 0 Å². The molecule has 2 fully saturated rings. The van der Waals surface area contributed by atoms with Gasteiger partial charge in [0.25, 0.3) is 0 Å². The van der Waals surface area contributed by atoms with Crippen molar-refractivity contribution in [3.63, 3.8) is 0 Å². The molecule has 2 heterocycles. The van der Waals surface area contributed by atoms with Crippen LogP contribution in [-0.2, 0) is 0 Å². The maximum Gasteiger partial charge on any atom is 0.0669 e. The average molecular weight is 235 g/mol. The lowest BCUT2D eigenvalue weighted by atomic mass is 10.1. The first-order valence-electron chi connectivity index (χ1n) is 7.05. The molecule has 0 amide bonds. The van der Waals surface area contributed by atoms with E-state index in [0.29, 0.717) is 5.92 Å². The Morgan fingerprint density at radius 1 is 1.24 bits per heavy atom. The fourth-order valence-corrected chi connectivity index (χ4v) is 2.98.